The molecule has 23 heavy (non-hydrogen) atoms. The molecule has 126 valence electrons. The predicted octanol–water partition coefficient (Wildman–Crippen LogP) is 0.0973. The Labute approximate surface area is 136 Å². The summed E-state index contributed by atoms with van der Waals surface area (Å²) in [5.41, 5.74) is 1.08. The zero-order valence-corrected chi connectivity index (χ0v) is 13.5. The second kappa shape index (κ2) is 9.22. The monoisotopic (exact) mass is 320 g/mol. The van der Waals surface area contributed by atoms with Gasteiger partial charge in [0.15, 0.2) is 0 Å². The van der Waals surface area contributed by atoms with E-state index in [0.717, 1.165) is 18.7 Å². The fraction of sp³-hybridized carbons (Fsp3) is 0.562. The highest BCUT2D eigenvalue weighted by atomic mass is 16.5. The molecule has 2 heterocycles. The fourth-order valence-corrected chi connectivity index (χ4v) is 2.57. The molecule has 0 aliphatic carbocycles. The topological polar surface area (TPSA) is 83.6 Å². The zero-order valence-electron chi connectivity index (χ0n) is 13.5. The first-order valence-corrected chi connectivity index (χ1v) is 7.89. The van der Waals surface area contributed by atoms with E-state index in [-0.39, 0.29) is 24.3 Å². The van der Waals surface area contributed by atoms with Gasteiger partial charge in [0.25, 0.3) is 0 Å². The molecule has 1 aliphatic heterocycles. The third-order valence-corrected chi connectivity index (χ3v) is 3.77. The van der Waals surface area contributed by atoms with Crippen LogP contribution < -0.4 is 10.6 Å². The maximum atomic E-state index is 11.9. The molecule has 1 aromatic heterocycles. The summed E-state index contributed by atoms with van der Waals surface area (Å²) >= 11 is 0. The number of morpholine rings is 1. The number of carbonyl (C=O) groups excluding carboxylic acids is 2. The van der Waals surface area contributed by atoms with Crippen molar-refractivity contribution in [2.45, 2.75) is 19.4 Å². The molecule has 1 aliphatic rings. The SMILES string of the molecule is CC(=O)NCCC(=O)NCC(c1cccnc1)N1CCOCC1. The summed E-state index contributed by atoms with van der Waals surface area (Å²) in [5, 5.41) is 5.57. The van der Waals surface area contributed by atoms with Crippen molar-refractivity contribution in [2.24, 2.45) is 0 Å². The van der Waals surface area contributed by atoms with Crippen molar-refractivity contribution in [3.63, 3.8) is 0 Å². The Balaban J connectivity index is 1.90. The van der Waals surface area contributed by atoms with Crippen molar-refractivity contribution in [3.8, 4) is 0 Å². The van der Waals surface area contributed by atoms with Gasteiger partial charge in [-0.25, -0.2) is 0 Å². The van der Waals surface area contributed by atoms with Crippen LogP contribution in [0, 0.1) is 0 Å². The summed E-state index contributed by atoms with van der Waals surface area (Å²) in [7, 11) is 0. The van der Waals surface area contributed by atoms with E-state index in [0.29, 0.717) is 26.3 Å². The van der Waals surface area contributed by atoms with Crippen molar-refractivity contribution in [2.75, 3.05) is 39.4 Å². The molecule has 2 amide bonds. The lowest BCUT2D eigenvalue weighted by Crippen LogP contribution is -2.44. The Bertz CT molecular complexity index is 503. The number of nitrogens with one attached hydrogen (secondary N) is 2. The van der Waals surface area contributed by atoms with E-state index in [4.69, 9.17) is 4.74 Å². The highest BCUT2D eigenvalue weighted by Crippen LogP contribution is 2.20. The van der Waals surface area contributed by atoms with Crippen LogP contribution in [-0.2, 0) is 14.3 Å². The molecule has 1 fully saturated rings. The van der Waals surface area contributed by atoms with Gasteiger partial charge >= 0.3 is 0 Å². The maximum Gasteiger partial charge on any atom is 0.221 e. The smallest absolute Gasteiger partial charge is 0.221 e. The number of rotatable bonds is 7. The molecule has 0 saturated carbocycles. The van der Waals surface area contributed by atoms with Crippen LogP contribution in [0.4, 0.5) is 0 Å². The van der Waals surface area contributed by atoms with Crippen LogP contribution in [0.25, 0.3) is 0 Å². The second-order valence-electron chi connectivity index (χ2n) is 5.49. The number of aromatic nitrogens is 1. The molecular formula is C16H24N4O3. The molecule has 0 radical (unpaired) electrons. The molecule has 0 spiro atoms. The van der Waals surface area contributed by atoms with Gasteiger partial charge in [0.05, 0.1) is 19.3 Å². The number of carbonyl (C=O) groups is 2. The number of hydrogen-bond donors (Lipinski definition) is 2. The van der Waals surface area contributed by atoms with Gasteiger partial charge in [-0.05, 0) is 11.6 Å². The first-order chi connectivity index (χ1) is 11.2. The van der Waals surface area contributed by atoms with Crippen molar-refractivity contribution < 1.29 is 14.3 Å². The molecule has 1 aromatic rings. The summed E-state index contributed by atoms with van der Waals surface area (Å²) < 4.78 is 5.40. The molecule has 7 nitrogen and oxygen atoms in total. The normalized spacial score (nSPS) is 16.6. The van der Waals surface area contributed by atoms with Crippen molar-refractivity contribution in [1.82, 2.24) is 20.5 Å². The van der Waals surface area contributed by atoms with E-state index >= 15 is 0 Å². The predicted molar refractivity (Wildman–Crippen MR) is 85.7 cm³/mol. The molecular weight excluding hydrogens is 296 g/mol. The summed E-state index contributed by atoms with van der Waals surface area (Å²) in [6, 6.07) is 4.01. The molecule has 1 atom stereocenters. The minimum atomic E-state index is -0.126. The van der Waals surface area contributed by atoms with Gasteiger partial charge in [0.2, 0.25) is 11.8 Å². The van der Waals surface area contributed by atoms with Crippen LogP contribution >= 0.6 is 0 Å². The molecule has 2 rings (SSSR count). The van der Waals surface area contributed by atoms with E-state index in [1.54, 1.807) is 6.20 Å². The Morgan fingerprint density at radius 1 is 1.35 bits per heavy atom. The standard InChI is InChI=1S/C16H24N4O3/c1-13(21)18-6-4-16(22)19-12-15(14-3-2-5-17-11-14)20-7-9-23-10-8-20/h2-3,5,11,15H,4,6-10,12H2,1H3,(H,18,21)(H,19,22). The second-order valence-corrected chi connectivity index (χ2v) is 5.49. The maximum absolute atomic E-state index is 11.9. The van der Waals surface area contributed by atoms with E-state index in [2.05, 4.69) is 20.5 Å². The minimum Gasteiger partial charge on any atom is -0.379 e. The molecule has 7 heteroatoms. The van der Waals surface area contributed by atoms with E-state index in [9.17, 15) is 9.59 Å². The van der Waals surface area contributed by atoms with Crippen molar-refractivity contribution >= 4 is 11.8 Å². The van der Waals surface area contributed by atoms with Gasteiger partial charge < -0.3 is 15.4 Å². The largest absolute Gasteiger partial charge is 0.379 e. The van der Waals surface area contributed by atoms with Crippen LogP contribution in [0.15, 0.2) is 24.5 Å². The highest BCUT2D eigenvalue weighted by molar-refractivity contribution is 5.77. The van der Waals surface area contributed by atoms with E-state index < -0.39 is 0 Å². The van der Waals surface area contributed by atoms with Crippen molar-refractivity contribution in [3.05, 3.63) is 30.1 Å². The molecule has 1 saturated heterocycles. The number of pyridine rings is 1. The third kappa shape index (κ3) is 5.96. The van der Waals surface area contributed by atoms with Gasteiger partial charge in [-0.15, -0.1) is 0 Å². The first kappa shape index (κ1) is 17.4. The Morgan fingerprint density at radius 3 is 2.78 bits per heavy atom. The average molecular weight is 320 g/mol. The van der Waals surface area contributed by atoms with Gasteiger partial charge in [0.1, 0.15) is 0 Å². The number of amides is 2. The summed E-state index contributed by atoms with van der Waals surface area (Å²) in [4.78, 5) is 29.2. The lowest BCUT2D eigenvalue weighted by molar-refractivity contribution is -0.121. The molecule has 1 unspecified atom stereocenters. The van der Waals surface area contributed by atoms with Crippen molar-refractivity contribution in [1.29, 1.82) is 0 Å². The quantitative estimate of drug-likeness (QED) is 0.744. The Hall–Kier alpha value is -1.99. The van der Waals surface area contributed by atoms with Crippen LogP contribution in [0.5, 0.6) is 0 Å². The number of ether oxygens (including phenoxy) is 1. The first-order valence-electron chi connectivity index (χ1n) is 7.89. The van der Waals surface area contributed by atoms with Gasteiger partial charge in [-0.2, -0.15) is 0 Å². The molecule has 0 bridgehead atoms. The molecule has 2 N–H and O–H groups in total. The third-order valence-electron chi connectivity index (χ3n) is 3.77. The van der Waals surface area contributed by atoms with E-state index in [1.165, 1.54) is 6.92 Å². The number of nitrogens with zero attached hydrogens (tertiary/aromatic N) is 2. The average Bonchev–Trinajstić information content (AvgIpc) is 2.57. The van der Waals surface area contributed by atoms with Crippen LogP contribution in [0.1, 0.15) is 24.9 Å². The number of hydrogen-bond acceptors (Lipinski definition) is 5. The fourth-order valence-electron chi connectivity index (χ4n) is 2.57. The van der Waals surface area contributed by atoms with Gasteiger partial charge in [-0.1, -0.05) is 6.07 Å². The summed E-state index contributed by atoms with van der Waals surface area (Å²) in [6.45, 7) is 5.39. The van der Waals surface area contributed by atoms with E-state index in [1.807, 2.05) is 18.3 Å². The summed E-state index contributed by atoms with van der Waals surface area (Å²) in [6.07, 6.45) is 3.86. The van der Waals surface area contributed by atoms with Gasteiger partial charge in [0, 0.05) is 51.9 Å². The van der Waals surface area contributed by atoms with Crippen LogP contribution in [0.3, 0.4) is 0 Å². The zero-order chi connectivity index (χ0) is 16.5. The van der Waals surface area contributed by atoms with Crippen LogP contribution in [0.2, 0.25) is 0 Å². The Kier molecular flexibility index (Phi) is 6.96. The Morgan fingerprint density at radius 2 is 2.13 bits per heavy atom. The minimum absolute atomic E-state index is 0.0686. The van der Waals surface area contributed by atoms with Crippen LogP contribution in [-0.4, -0.2) is 61.1 Å². The lowest BCUT2D eigenvalue weighted by atomic mass is 10.1. The van der Waals surface area contributed by atoms with Gasteiger partial charge in [-0.3, -0.25) is 19.5 Å². The summed E-state index contributed by atoms with van der Waals surface area (Å²) in [5.74, 6) is -0.194. The molecule has 0 aromatic carbocycles. The lowest BCUT2D eigenvalue weighted by Gasteiger charge is -2.34. The highest BCUT2D eigenvalue weighted by Gasteiger charge is 2.23.